The number of ether oxygens (including phenoxy) is 1. The van der Waals surface area contributed by atoms with Gasteiger partial charge in [0, 0.05) is 19.3 Å². The van der Waals surface area contributed by atoms with Crippen LogP contribution in [0.2, 0.25) is 0 Å². The molecule has 2 nitrogen and oxygen atoms in total. The van der Waals surface area contributed by atoms with E-state index in [2.05, 4.69) is 33.0 Å². The summed E-state index contributed by atoms with van der Waals surface area (Å²) in [6.07, 6.45) is 9.10. The van der Waals surface area contributed by atoms with Crippen LogP contribution in [0.4, 0.5) is 0 Å². The predicted molar refractivity (Wildman–Crippen MR) is 88.1 cm³/mol. The maximum Gasteiger partial charge on any atom is 0.0469 e. The molecule has 2 heteroatoms. The lowest BCUT2D eigenvalue weighted by molar-refractivity contribution is 0.0878. The van der Waals surface area contributed by atoms with Gasteiger partial charge in [0.1, 0.15) is 0 Å². The Labute approximate surface area is 127 Å². The van der Waals surface area contributed by atoms with Crippen LogP contribution in [0.3, 0.4) is 0 Å². The van der Waals surface area contributed by atoms with Crippen molar-refractivity contribution in [3.8, 4) is 0 Å². The van der Waals surface area contributed by atoms with E-state index in [4.69, 9.17) is 4.74 Å². The molecule has 0 aliphatic heterocycles. The van der Waals surface area contributed by atoms with Gasteiger partial charge in [-0.3, -0.25) is 0 Å². The monoisotopic (exact) mass is 283 g/mol. The van der Waals surface area contributed by atoms with Gasteiger partial charge in [0.05, 0.1) is 0 Å². The number of nitrogens with one attached hydrogen (secondary N) is 1. The Morgan fingerprint density at radius 3 is 2.55 bits per heavy atom. The molecule has 0 radical (unpaired) electrons. The van der Waals surface area contributed by atoms with Crippen LogP contribution in [0.25, 0.3) is 0 Å². The number of hydrogen-bond donors (Lipinski definition) is 1. The van der Waals surface area contributed by atoms with Crippen LogP contribution < -0.4 is 5.32 Å². The summed E-state index contributed by atoms with van der Waals surface area (Å²) in [4.78, 5) is 0. The summed E-state index contributed by atoms with van der Waals surface area (Å²) in [6, 6.07) is 0.736. The van der Waals surface area contributed by atoms with Crippen molar-refractivity contribution in [2.45, 2.75) is 78.7 Å². The van der Waals surface area contributed by atoms with E-state index in [1.807, 2.05) is 0 Å². The molecule has 0 aromatic heterocycles. The van der Waals surface area contributed by atoms with E-state index < -0.39 is 0 Å². The maximum atomic E-state index is 5.80. The van der Waals surface area contributed by atoms with E-state index in [0.717, 1.165) is 37.0 Å². The Morgan fingerprint density at radius 2 is 1.90 bits per heavy atom. The summed E-state index contributed by atoms with van der Waals surface area (Å²) >= 11 is 0. The molecular formula is C18H37NO. The molecule has 0 aromatic carbocycles. The van der Waals surface area contributed by atoms with Crippen molar-refractivity contribution < 1.29 is 4.74 Å². The van der Waals surface area contributed by atoms with Crippen LogP contribution >= 0.6 is 0 Å². The van der Waals surface area contributed by atoms with E-state index in [0.29, 0.717) is 0 Å². The molecule has 1 saturated carbocycles. The van der Waals surface area contributed by atoms with Crippen LogP contribution in [-0.4, -0.2) is 25.8 Å². The summed E-state index contributed by atoms with van der Waals surface area (Å²) in [5.74, 6) is 2.59. The van der Waals surface area contributed by atoms with Gasteiger partial charge in [0.2, 0.25) is 0 Å². The second-order valence-electron chi connectivity index (χ2n) is 6.89. The first-order valence-electron chi connectivity index (χ1n) is 9.00. The Balaban J connectivity index is 2.36. The zero-order valence-electron chi connectivity index (χ0n) is 14.3. The van der Waals surface area contributed by atoms with E-state index in [1.54, 1.807) is 0 Å². The zero-order chi connectivity index (χ0) is 14.8. The second kappa shape index (κ2) is 10.6. The van der Waals surface area contributed by atoms with Gasteiger partial charge in [0.25, 0.3) is 0 Å². The van der Waals surface area contributed by atoms with Gasteiger partial charge in [-0.2, -0.15) is 0 Å². The SMILES string of the molecule is CCCCOCCC1CC(C(C)C)CCC1NCCC. The van der Waals surface area contributed by atoms with Crippen LogP contribution in [0, 0.1) is 17.8 Å². The number of unbranched alkanes of at least 4 members (excludes halogenated alkanes) is 1. The molecule has 0 aromatic rings. The molecule has 0 spiro atoms. The fourth-order valence-electron chi connectivity index (χ4n) is 3.41. The highest BCUT2D eigenvalue weighted by Gasteiger charge is 2.30. The summed E-state index contributed by atoms with van der Waals surface area (Å²) in [5, 5.41) is 3.78. The minimum absolute atomic E-state index is 0.736. The third-order valence-electron chi connectivity index (χ3n) is 4.90. The van der Waals surface area contributed by atoms with Crippen molar-refractivity contribution in [2.24, 2.45) is 17.8 Å². The van der Waals surface area contributed by atoms with Crippen molar-refractivity contribution in [1.82, 2.24) is 5.32 Å². The van der Waals surface area contributed by atoms with Gasteiger partial charge in [-0.25, -0.2) is 0 Å². The highest BCUT2D eigenvalue weighted by molar-refractivity contribution is 4.85. The van der Waals surface area contributed by atoms with E-state index in [1.165, 1.54) is 51.5 Å². The van der Waals surface area contributed by atoms with Crippen molar-refractivity contribution >= 4 is 0 Å². The van der Waals surface area contributed by atoms with E-state index in [-0.39, 0.29) is 0 Å². The molecule has 1 aliphatic rings. The lowest BCUT2D eigenvalue weighted by Gasteiger charge is -2.38. The number of hydrogen-bond acceptors (Lipinski definition) is 2. The highest BCUT2D eigenvalue weighted by Crippen LogP contribution is 2.35. The Kier molecular flexibility index (Phi) is 9.54. The topological polar surface area (TPSA) is 21.3 Å². The fraction of sp³-hybridized carbons (Fsp3) is 1.00. The van der Waals surface area contributed by atoms with Gasteiger partial charge in [-0.1, -0.05) is 34.1 Å². The van der Waals surface area contributed by atoms with Gasteiger partial charge in [0.15, 0.2) is 0 Å². The summed E-state index contributed by atoms with van der Waals surface area (Å²) < 4.78 is 5.80. The number of rotatable bonds is 10. The van der Waals surface area contributed by atoms with Crippen LogP contribution in [-0.2, 0) is 4.74 Å². The smallest absolute Gasteiger partial charge is 0.0469 e. The molecule has 0 amide bonds. The lowest BCUT2D eigenvalue weighted by Crippen LogP contribution is -2.42. The molecule has 120 valence electrons. The average molecular weight is 284 g/mol. The molecule has 20 heavy (non-hydrogen) atoms. The standard InChI is InChI=1S/C18H37NO/c1-5-7-12-20-13-10-17-14-16(15(3)4)8-9-18(17)19-11-6-2/h15-19H,5-14H2,1-4H3. The molecule has 1 aliphatic carbocycles. The second-order valence-corrected chi connectivity index (χ2v) is 6.89. The van der Waals surface area contributed by atoms with Crippen molar-refractivity contribution in [1.29, 1.82) is 0 Å². The van der Waals surface area contributed by atoms with Crippen molar-refractivity contribution in [2.75, 3.05) is 19.8 Å². The molecule has 3 atom stereocenters. The first-order chi connectivity index (χ1) is 9.69. The normalized spacial score (nSPS) is 27.1. The molecular weight excluding hydrogens is 246 g/mol. The Bertz CT molecular complexity index is 229. The molecule has 0 heterocycles. The average Bonchev–Trinajstić information content (AvgIpc) is 2.45. The van der Waals surface area contributed by atoms with Gasteiger partial charge >= 0.3 is 0 Å². The molecule has 1 rings (SSSR count). The first-order valence-corrected chi connectivity index (χ1v) is 9.00. The summed E-state index contributed by atoms with van der Waals surface area (Å²) in [5.41, 5.74) is 0. The molecule has 0 saturated heterocycles. The molecule has 0 bridgehead atoms. The third-order valence-corrected chi connectivity index (χ3v) is 4.90. The fourth-order valence-corrected chi connectivity index (χ4v) is 3.41. The van der Waals surface area contributed by atoms with Crippen molar-refractivity contribution in [3.05, 3.63) is 0 Å². The largest absolute Gasteiger partial charge is 0.381 e. The van der Waals surface area contributed by atoms with Crippen LogP contribution in [0.15, 0.2) is 0 Å². The Hall–Kier alpha value is -0.0800. The van der Waals surface area contributed by atoms with E-state index >= 15 is 0 Å². The van der Waals surface area contributed by atoms with Gasteiger partial charge in [-0.05, 0) is 62.8 Å². The van der Waals surface area contributed by atoms with Gasteiger partial charge in [-0.15, -0.1) is 0 Å². The van der Waals surface area contributed by atoms with Crippen LogP contribution in [0.5, 0.6) is 0 Å². The third kappa shape index (κ3) is 6.58. The molecule has 1 fully saturated rings. The van der Waals surface area contributed by atoms with Gasteiger partial charge < -0.3 is 10.1 Å². The highest BCUT2D eigenvalue weighted by atomic mass is 16.5. The molecule has 3 unspecified atom stereocenters. The summed E-state index contributed by atoms with van der Waals surface area (Å²) in [7, 11) is 0. The predicted octanol–water partition coefficient (Wildman–Crippen LogP) is 4.63. The van der Waals surface area contributed by atoms with Crippen LogP contribution in [0.1, 0.15) is 72.6 Å². The van der Waals surface area contributed by atoms with E-state index in [9.17, 15) is 0 Å². The first kappa shape index (κ1) is 18.0. The lowest BCUT2D eigenvalue weighted by atomic mass is 9.72. The Morgan fingerprint density at radius 1 is 1.10 bits per heavy atom. The minimum atomic E-state index is 0.736. The van der Waals surface area contributed by atoms with Crippen molar-refractivity contribution in [3.63, 3.8) is 0 Å². The minimum Gasteiger partial charge on any atom is -0.381 e. The quantitative estimate of drug-likeness (QED) is 0.590. The summed E-state index contributed by atoms with van der Waals surface area (Å²) in [6.45, 7) is 12.3. The molecule has 1 N–H and O–H groups in total. The maximum absolute atomic E-state index is 5.80. The zero-order valence-corrected chi connectivity index (χ0v) is 14.3.